The van der Waals surface area contributed by atoms with Crippen LogP contribution in [0.2, 0.25) is 5.02 Å². The highest BCUT2D eigenvalue weighted by Gasteiger charge is 2.11. The van der Waals surface area contributed by atoms with Gasteiger partial charge in [-0.25, -0.2) is 0 Å². The van der Waals surface area contributed by atoms with Crippen molar-refractivity contribution in [2.24, 2.45) is 0 Å². The zero-order chi connectivity index (χ0) is 23.1. The lowest BCUT2D eigenvalue weighted by molar-refractivity contribution is -0.384. The van der Waals surface area contributed by atoms with Crippen LogP contribution in [0.25, 0.3) is 6.08 Å². The van der Waals surface area contributed by atoms with Crippen LogP contribution in [0.1, 0.15) is 11.1 Å². The number of hydrogen-bond donors (Lipinski definition) is 1. The molecule has 0 saturated heterocycles. The van der Waals surface area contributed by atoms with Crippen molar-refractivity contribution in [2.75, 3.05) is 5.32 Å². The van der Waals surface area contributed by atoms with Crippen LogP contribution < -0.4 is 10.1 Å². The van der Waals surface area contributed by atoms with E-state index in [4.69, 9.17) is 16.3 Å². The summed E-state index contributed by atoms with van der Waals surface area (Å²) in [7, 11) is 0. The van der Waals surface area contributed by atoms with Crippen molar-refractivity contribution >= 4 is 57.5 Å². The summed E-state index contributed by atoms with van der Waals surface area (Å²) in [6, 6.07) is 19.9. The summed E-state index contributed by atoms with van der Waals surface area (Å²) in [5.74, 6) is 0.0502. The molecular weight excluding hydrogens is 545 g/mol. The molecule has 32 heavy (non-hydrogen) atoms. The summed E-state index contributed by atoms with van der Waals surface area (Å²) in [4.78, 5) is 22.9. The van der Waals surface area contributed by atoms with E-state index in [1.807, 2.05) is 6.07 Å². The molecule has 3 aromatic carbocycles. The predicted octanol–water partition coefficient (Wildman–Crippen LogP) is 5.98. The highest BCUT2D eigenvalue weighted by atomic mass is 127. The van der Waals surface area contributed by atoms with Crippen LogP contribution in [0.5, 0.6) is 5.75 Å². The Morgan fingerprint density at radius 3 is 2.59 bits per heavy atom. The molecule has 0 heterocycles. The predicted molar refractivity (Wildman–Crippen MR) is 130 cm³/mol. The van der Waals surface area contributed by atoms with E-state index < -0.39 is 10.8 Å². The molecule has 1 N–H and O–H groups in total. The Hall–Kier alpha value is -3.42. The van der Waals surface area contributed by atoms with Gasteiger partial charge >= 0.3 is 0 Å². The van der Waals surface area contributed by atoms with Gasteiger partial charge in [-0.2, -0.15) is 5.26 Å². The normalized spacial score (nSPS) is 10.8. The second-order valence-electron chi connectivity index (χ2n) is 6.54. The molecule has 0 fully saturated rings. The molecule has 0 atom stereocenters. The van der Waals surface area contributed by atoms with Crippen LogP contribution in [0.15, 0.2) is 72.3 Å². The molecule has 9 heteroatoms. The molecule has 160 valence electrons. The standard InChI is InChI=1S/C23H15ClIN3O4/c24-18-5-7-19(8-6-18)27-23(29)17(13-26)10-15-4-9-22(21(25)12-15)32-14-16-2-1-3-20(11-16)28(30)31/h1-12H,14H2,(H,27,29)/b17-10-. The second kappa shape index (κ2) is 10.7. The Morgan fingerprint density at radius 1 is 1.19 bits per heavy atom. The Kier molecular flexibility index (Phi) is 7.81. The van der Waals surface area contributed by atoms with Crippen molar-refractivity contribution in [3.8, 4) is 11.8 Å². The van der Waals surface area contributed by atoms with Crippen LogP contribution in [0.3, 0.4) is 0 Å². The maximum Gasteiger partial charge on any atom is 0.269 e. The van der Waals surface area contributed by atoms with Gasteiger partial charge < -0.3 is 10.1 Å². The number of anilines is 1. The molecule has 3 aromatic rings. The summed E-state index contributed by atoms with van der Waals surface area (Å²) >= 11 is 7.92. The quantitative estimate of drug-likeness (QED) is 0.126. The topological polar surface area (TPSA) is 105 Å². The van der Waals surface area contributed by atoms with Crippen molar-refractivity contribution in [2.45, 2.75) is 6.61 Å². The fourth-order valence-corrected chi connectivity index (χ4v) is 3.51. The Morgan fingerprint density at radius 2 is 1.94 bits per heavy atom. The highest BCUT2D eigenvalue weighted by molar-refractivity contribution is 14.1. The molecule has 0 unspecified atom stereocenters. The number of non-ortho nitro benzene ring substituents is 1. The van der Waals surface area contributed by atoms with Crippen molar-refractivity contribution in [3.05, 3.63) is 102 Å². The van der Waals surface area contributed by atoms with E-state index in [2.05, 4.69) is 27.9 Å². The van der Waals surface area contributed by atoms with Gasteiger partial charge in [0, 0.05) is 22.8 Å². The fraction of sp³-hybridized carbons (Fsp3) is 0.0435. The molecule has 1 amide bonds. The lowest BCUT2D eigenvalue weighted by Gasteiger charge is -2.09. The zero-order valence-electron chi connectivity index (χ0n) is 16.4. The first-order chi connectivity index (χ1) is 15.4. The molecule has 0 bridgehead atoms. The molecule has 0 aliphatic carbocycles. The van der Waals surface area contributed by atoms with E-state index in [0.29, 0.717) is 27.6 Å². The first-order valence-corrected chi connectivity index (χ1v) is 10.7. The molecule has 0 spiro atoms. The van der Waals surface area contributed by atoms with Gasteiger partial charge in [0.15, 0.2) is 0 Å². The minimum absolute atomic E-state index is 0.00203. The third-order valence-corrected chi connectivity index (χ3v) is 5.34. The summed E-state index contributed by atoms with van der Waals surface area (Å²) < 4.78 is 6.54. The number of benzene rings is 3. The van der Waals surface area contributed by atoms with E-state index in [1.54, 1.807) is 54.6 Å². The van der Waals surface area contributed by atoms with Crippen LogP contribution in [0, 0.1) is 25.0 Å². The van der Waals surface area contributed by atoms with Crippen LogP contribution in [-0.4, -0.2) is 10.8 Å². The number of amides is 1. The number of nitriles is 1. The first-order valence-electron chi connectivity index (χ1n) is 9.20. The van der Waals surface area contributed by atoms with Crippen LogP contribution >= 0.6 is 34.2 Å². The van der Waals surface area contributed by atoms with Crippen LogP contribution in [-0.2, 0) is 11.4 Å². The summed E-state index contributed by atoms with van der Waals surface area (Å²) in [5.41, 5.74) is 1.80. The number of nitro benzene ring substituents is 1. The largest absolute Gasteiger partial charge is 0.488 e. The van der Waals surface area contributed by atoms with Gasteiger partial charge in [-0.3, -0.25) is 14.9 Å². The van der Waals surface area contributed by atoms with Gasteiger partial charge in [-0.1, -0.05) is 29.8 Å². The number of nitrogens with zero attached hydrogens (tertiary/aromatic N) is 2. The van der Waals surface area contributed by atoms with Gasteiger partial charge in [-0.15, -0.1) is 0 Å². The van der Waals surface area contributed by atoms with Gasteiger partial charge in [0.25, 0.3) is 11.6 Å². The van der Waals surface area contributed by atoms with E-state index in [0.717, 1.165) is 3.57 Å². The molecule has 0 aliphatic rings. The van der Waals surface area contributed by atoms with Crippen molar-refractivity contribution < 1.29 is 14.5 Å². The Labute approximate surface area is 202 Å². The summed E-state index contributed by atoms with van der Waals surface area (Å²) in [6.07, 6.45) is 1.48. The monoisotopic (exact) mass is 559 g/mol. The number of hydrogen-bond acceptors (Lipinski definition) is 5. The van der Waals surface area contributed by atoms with Crippen molar-refractivity contribution in [1.29, 1.82) is 5.26 Å². The fourth-order valence-electron chi connectivity index (χ4n) is 2.69. The number of rotatable bonds is 7. The van der Waals surface area contributed by atoms with E-state index in [1.165, 1.54) is 18.2 Å². The SMILES string of the molecule is N#C/C(=C/c1ccc(OCc2cccc([N+](=O)[O-])c2)c(I)c1)C(=O)Nc1ccc(Cl)cc1. The maximum atomic E-state index is 12.4. The molecule has 0 saturated carbocycles. The lowest BCUT2D eigenvalue weighted by Crippen LogP contribution is -2.13. The minimum Gasteiger partial charge on any atom is -0.488 e. The third-order valence-electron chi connectivity index (χ3n) is 4.25. The molecule has 0 aliphatic heterocycles. The number of carbonyl (C=O) groups is 1. The van der Waals surface area contributed by atoms with Gasteiger partial charge in [-0.05, 0) is 76.2 Å². The smallest absolute Gasteiger partial charge is 0.269 e. The number of nitro groups is 1. The van der Waals surface area contributed by atoms with Crippen molar-refractivity contribution in [3.63, 3.8) is 0 Å². The number of nitrogens with one attached hydrogen (secondary N) is 1. The Bertz CT molecular complexity index is 1240. The molecular formula is C23H15ClIN3O4. The highest BCUT2D eigenvalue weighted by Crippen LogP contribution is 2.25. The average Bonchev–Trinajstić information content (AvgIpc) is 2.78. The second-order valence-corrected chi connectivity index (χ2v) is 8.14. The molecule has 7 nitrogen and oxygen atoms in total. The average molecular weight is 560 g/mol. The Balaban J connectivity index is 1.70. The van der Waals surface area contributed by atoms with E-state index >= 15 is 0 Å². The van der Waals surface area contributed by atoms with E-state index in [-0.39, 0.29) is 17.9 Å². The van der Waals surface area contributed by atoms with Gasteiger partial charge in [0.2, 0.25) is 0 Å². The van der Waals surface area contributed by atoms with Crippen LogP contribution in [0.4, 0.5) is 11.4 Å². The van der Waals surface area contributed by atoms with Gasteiger partial charge in [0.05, 0.1) is 8.49 Å². The number of ether oxygens (including phenoxy) is 1. The number of carbonyl (C=O) groups excluding carboxylic acids is 1. The first kappa shape index (κ1) is 23.2. The minimum atomic E-state index is -0.532. The third kappa shape index (κ3) is 6.29. The summed E-state index contributed by atoms with van der Waals surface area (Å²) in [6.45, 7) is 0.166. The molecule has 3 rings (SSSR count). The number of halogens is 2. The molecule has 0 aromatic heterocycles. The maximum absolute atomic E-state index is 12.4. The lowest BCUT2D eigenvalue weighted by atomic mass is 10.1. The summed E-state index contributed by atoms with van der Waals surface area (Å²) in [5, 5.41) is 23.5. The van der Waals surface area contributed by atoms with Gasteiger partial charge in [0.1, 0.15) is 24.0 Å². The molecule has 0 radical (unpaired) electrons. The van der Waals surface area contributed by atoms with E-state index in [9.17, 15) is 20.2 Å². The zero-order valence-corrected chi connectivity index (χ0v) is 19.3. The van der Waals surface area contributed by atoms with Crippen molar-refractivity contribution in [1.82, 2.24) is 0 Å².